The quantitative estimate of drug-likeness (QED) is 0.921. The lowest BCUT2D eigenvalue weighted by Gasteiger charge is -2.25. The van der Waals surface area contributed by atoms with E-state index in [4.69, 9.17) is 5.73 Å². The molecule has 102 valence electrons. The van der Waals surface area contributed by atoms with E-state index in [9.17, 15) is 13.2 Å². The maximum atomic E-state index is 12.9. The molecule has 18 heavy (non-hydrogen) atoms. The van der Waals surface area contributed by atoms with Gasteiger partial charge in [0.15, 0.2) is 0 Å². The highest BCUT2D eigenvalue weighted by Gasteiger charge is 2.33. The molecule has 0 aromatic heterocycles. The lowest BCUT2D eigenvalue weighted by Crippen LogP contribution is -2.35. The van der Waals surface area contributed by atoms with Crippen LogP contribution in [-0.2, 0) is 12.7 Å². The summed E-state index contributed by atoms with van der Waals surface area (Å²) in [4.78, 5) is 1.80. The molecular formula is C12H16BrF3N2. The molecule has 0 amide bonds. The van der Waals surface area contributed by atoms with Crippen molar-refractivity contribution < 1.29 is 13.2 Å². The summed E-state index contributed by atoms with van der Waals surface area (Å²) in [5.41, 5.74) is 5.16. The molecule has 0 aliphatic heterocycles. The predicted molar refractivity (Wildman–Crippen MR) is 69.1 cm³/mol. The van der Waals surface area contributed by atoms with E-state index in [1.54, 1.807) is 18.0 Å². The molecule has 1 aromatic rings. The first-order chi connectivity index (χ1) is 8.25. The average Bonchev–Trinajstić information content (AvgIpc) is 2.28. The molecule has 0 heterocycles. The van der Waals surface area contributed by atoms with Crippen molar-refractivity contribution in [1.29, 1.82) is 0 Å². The van der Waals surface area contributed by atoms with Crippen LogP contribution in [0, 0.1) is 0 Å². The summed E-state index contributed by atoms with van der Waals surface area (Å²) < 4.78 is 39.1. The molecule has 1 aromatic carbocycles. The third kappa shape index (κ3) is 3.96. The fraction of sp³-hybridized carbons (Fsp3) is 0.500. The number of halogens is 4. The number of likely N-dealkylation sites (N-methyl/N-ethyl adjacent to an activating group) is 1. The highest BCUT2D eigenvalue weighted by atomic mass is 79.9. The van der Waals surface area contributed by atoms with Crippen LogP contribution in [0.4, 0.5) is 13.2 Å². The van der Waals surface area contributed by atoms with Crippen molar-refractivity contribution >= 4 is 15.9 Å². The molecule has 1 rings (SSSR count). The van der Waals surface area contributed by atoms with Crippen LogP contribution in [0.15, 0.2) is 22.7 Å². The molecule has 0 bridgehead atoms. The van der Waals surface area contributed by atoms with Gasteiger partial charge in [0.2, 0.25) is 0 Å². The first kappa shape index (κ1) is 15.5. The van der Waals surface area contributed by atoms with E-state index in [0.29, 0.717) is 11.0 Å². The Bertz CT molecular complexity index is 407. The molecular weight excluding hydrogens is 309 g/mol. The van der Waals surface area contributed by atoms with Gasteiger partial charge in [0.1, 0.15) is 0 Å². The molecule has 1 atom stereocenters. The molecule has 0 aliphatic carbocycles. The Labute approximate surface area is 113 Å². The zero-order valence-electron chi connectivity index (χ0n) is 10.3. The normalized spacial score (nSPS) is 14.0. The smallest absolute Gasteiger partial charge is 0.329 e. The van der Waals surface area contributed by atoms with Crippen molar-refractivity contribution in [3.05, 3.63) is 33.8 Å². The number of hydrogen-bond acceptors (Lipinski definition) is 2. The summed E-state index contributed by atoms with van der Waals surface area (Å²) in [5.74, 6) is 0. The topological polar surface area (TPSA) is 29.3 Å². The third-order valence-electron chi connectivity index (χ3n) is 2.89. The van der Waals surface area contributed by atoms with Gasteiger partial charge in [-0.05, 0) is 31.7 Å². The molecule has 1 unspecified atom stereocenters. The largest absolute Gasteiger partial charge is 0.416 e. The van der Waals surface area contributed by atoms with Gasteiger partial charge in [0.05, 0.1) is 5.56 Å². The van der Waals surface area contributed by atoms with Crippen LogP contribution in [0.1, 0.15) is 18.1 Å². The lowest BCUT2D eigenvalue weighted by atomic mass is 10.1. The molecule has 2 nitrogen and oxygen atoms in total. The number of hydrogen-bond donors (Lipinski definition) is 1. The summed E-state index contributed by atoms with van der Waals surface area (Å²) in [5, 5.41) is 0. The van der Waals surface area contributed by atoms with Crippen molar-refractivity contribution in [3.8, 4) is 0 Å². The summed E-state index contributed by atoms with van der Waals surface area (Å²) >= 11 is 3.06. The van der Waals surface area contributed by atoms with Crippen LogP contribution in [0.5, 0.6) is 0 Å². The van der Waals surface area contributed by atoms with Gasteiger partial charge in [-0.1, -0.05) is 22.0 Å². The monoisotopic (exact) mass is 324 g/mol. The van der Waals surface area contributed by atoms with E-state index < -0.39 is 11.7 Å². The second-order valence-corrected chi connectivity index (χ2v) is 5.21. The van der Waals surface area contributed by atoms with E-state index in [-0.39, 0.29) is 18.2 Å². The van der Waals surface area contributed by atoms with Crippen LogP contribution in [0.3, 0.4) is 0 Å². The number of nitrogens with two attached hydrogens (primary N) is 1. The Morgan fingerprint density at radius 3 is 2.50 bits per heavy atom. The van der Waals surface area contributed by atoms with E-state index in [1.807, 2.05) is 6.92 Å². The van der Waals surface area contributed by atoms with Gasteiger partial charge < -0.3 is 5.73 Å². The van der Waals surface area contributed by atoms with Gasteiger partial charge >= 0.3 is 6.18 Å². The van der Waals surface area contributed by atoms with Crippen molar-refractivity contribution in [3.63, 3.8) is 0 Å². The molecule has 0 saturated heterocycles. The standard InChI is InChI=1S/C12H16BrF3N2/c1-8(6-17)18(2)7-9-3-4-10(13)5-11(9)12(14,15)16/h3-5,8H,6-7,17H2,1-2H3. The highest BCUT2D eigenvalue weighted by Crippen LogP contribution is 2.34. The lowest BCUT2D eigenvalue weighted by molar-refractivity contribution is -0.138. The third-order valence-corrected chi connectivity index (χ3v) is 3.38. The van der Waals surface area contributed by atoms with Crippen LogP contribution < -0.4 is 5.73 Å². The molecule has 0 radical (unpaired) electrons. The van der Waals surface area contributed by atoms with E-state index in [1.165, 1.54) is 6.07 Å². The Balaban J connectivity index is 3.02. The Morgan fingerprint density at radius 2 is 2.00 bits per heavy atom. The Morgan fingerprint density at radius 1 is 1.39 bits per heavy atom. The SMILES string of the molecule is CC(CN)N(C)Cc1ccc(Br)cc1C(F)(F)F. The Kier molecular flexibility index (Phi) is 5.19. The average molecular weight is 325 g/mol. The van der Waals surface area contributed by atoms with Crippen molar-refractivity contribution in [2.24, 2.45) is 5.73 Å². The molecule has 0 aliphatic rings. The summed E-state index contributed by atoms with van der Waals surface area (Å²) in [6.45, 7) is 2.51. The zero-order chi connectivity index (χ0) is 13.9. The first-order valence-corrected chi connectivity index (χ1v) is 6.31. The van der Waals surface area contributed by atoms with Gasteiger partial charge in [0.25, 0.3) is 0 Å². The van der Waals surface area contributed by atoms with Crippen molar-refractivity contribution in [2.45, 2.75) is 25.7 Å². The highest BCUT2D eigenvalue weighted by molar-refractivity contribution is 9.10. The minimum atomic E-state index is -4.34. The molecule has 2 N–H and O–H groups in total. The summed E-state index contributed by atoms with van der Waals surface area (Å²) in [6, 6.07) is 4.25. The van der Waals surface area contributed by atoms with Gasteiger partial charge in [-0.15, -0.1) is 0 Å². The molecule has 0 saturated carbocycles. The minimum Gasteiger partial charge on any atom is -0.329 e. The van der Waals surface area contributed by atoms with Gasteiger partial charge in [0, 0.05) is 23.6 Å². The number of nitrogens with zero attached hydrogens (tertiary/aromatic N) is 1. The second-order valence-electron chi connectivity index (χ2n) is 4.30. The van der Waals surface area contributed by atoms with Crippen LogP contribution in [0.25, 0.3) is 0 Å². The summed E-state index contributed by atoms with van der Waals surface area (Å²) in [6.07, 6.45) is -4.34. The molecule has 6 heteroatoms. The minimum absolute atomic E-state index is 0.0368. The predicted octanol–water partition coefficient (Wildman–Crippen LogP) is 3.25. The number of alkyl halides is 3. The maximum Gasteiger partial charge on any atom is 0.416 e. The molecule has 0 spiro atoms. The fourth-order valence-corrected chi connectivity index (χ4v) is 1.92. The van der Waals surface area contributed by atoms with Crippen molar-refractivity contribution in [2.75, 3.05) is 13.6 Å². The van der Waals surface area contributed by atoms with Gasteiger partial charge in [-0.25, -0.2) is 0 Å². The van der Waals surface area contributed by atoms with Crippen LogP contribution >= 0.6 is 15.9 Å². The fourth-order valence-electron chi connectivity index (χ4n) is 1.55. The van der Waals surface area contributed by atoms with E-state index >= 15 is 0 Å². The first-order valence-electron chi connectivity index (χ1n) is 5.51. The number of rotatable bonds is 4. The van der Waals surface area contributed by atoms with E-state index in [0.717, 1.165) is 6.07 Å². The van der Waals surface area contributed by atoms with Crippen LogP contribution in [0.2, 0.25) is 0 Å². The Hall–Kier alpha value is -0.590. The van der Waals surface area contributed by atoms with Gasteiger partial charge in [-0.2, -0.15) is 13.2 Å². The summed E-state index contributed by atoms with van der Waals surface area (Å²) in [7, 11) is 1.76. The van der Waals surface area contributed by atoms with Crippen molar-refractivity contribution in [1.82, 2.24) is 4.90 Å². The number of benzene rings is 1. The maximum absolute atomic E-state index is 12.9. The van der Waals surface area contributed by atoms with Crippen LogP contribution in [-0.4, -0.2) is 24.5 Å². The second kappa shape index (κ2) is 6.04. The van der Waals surface area contributed by atoms with Gasteiger partial charge in [-0.3, -0.25) is 4.90 Å². The van der Waals surface area contributed by atoms with E-state index in [2.05, 4.69) is 15.9 Å². The zero-order valence-corrected chi connectivity index (χ0v) is 11.8. The molecule has 0 fully saturated rings.